The maximum atomic E-state index is 11.6. The summed E-state index contributed by atoms with van der Waals surface area (Å²) in [5.41, 5.74) is 1.66. The quantitative estimate of drug-likeness (QED) is 0.392. The highest BCUT2D eigenvalue weighted by Gasteiger charge is 2.48. The van der Waals surface area contributed by atoms with Crippen molar-refractivity contribution < 1.29 is 47.5 Å². The van der Waals surface area contributed by atoms with Gasteiger partial charge in [0.2, 0.25) is 11.5 Å². The molecule has 0 N–H and O–H groups in total. The van der Waals surface area contributed by atoms with Crippen LogP contribution in [-0.2, 0) is 19.1 Å². The Morgan fingerprint density at radius 1 is 0.639 bits per heavy atom. The number of esters is 2. The van der Waals surface area contributed by atoms with Gasteiger partial charge in [-0.05, 0) is 35.4 Å². The first kappa shape index (κ1) is 25.6. The summed E-state index contributed by atoms with van der Waals surface area (Å²) in [5.74, 6) is 1.08. The fourth-order valence-corrected chi connectivity index (χ4v) is 4.85. The Kier molecular flexibility index (Phi) is 7.56. The van der Waals surface area contributed by atoms with Crippen molar-refractivity contribution in [1.29, 1.82) is 0 Å². The van der Waals surface area contributed by atoms with Gasteiger partial charge in [0.25, 0.3) is 0 Å². The van der Waals surface area contributed by atoms with E-state index >= 15 is 0 Å². The second-order valence-corrected chi connectivity index (χ2v) is 8.53. The number of hydrogen-bond donors (Lipinski definition) is 0. The van der Waals surface area contributed by atoms with Gasteiger partial charge in [-0.3, -0.25) is 9.59 Å². The molecule has 0 aromatic heterocycles. The lowest BCUT2D eigenvalue weighted by Gasteiger charge is -2.20. The summed E-state index contributed by atoms with van der Waals surface area (Å²) in [6, 6.07) is 7.17. The first-order valence-electron chi connectivity index (χ1n) is 11.4. The third-order valence-corrected chi connectivity index (χ3v) is 6.38. The van der Waals surface area contributed by atoms with Crippen LogP contribution in [0.25, 0.3) is 0 Å². The van der Waals surface area contributed by atoms with E-state index in [0.29, 0.717) is 36.2 Å². The maximum absolute atomic E-state index is 11.6. The molecule has 2 fully saturated rings. The molecule has 10 heteroatoms. The number of fused-ring (bicyclic) bond motifs is 1. The molecule has 0 aliphatic carbocycles. The first-order chi connectivity index (χ1) is 17.3. The number of methoxy groups -OCH3 is 4. The molecular weight excluding hydrogens is 472 g/mol. The molecule has 2 heterocycles. The van der Waals surface area contributed by atoms with Crippen LogP contribution in [0.4, 0.5) is 0 Å². The molecule has 194 valence electrons. The molecular formula is C26H30O10. The highest BCUT2D eigenvalue weighted by molar-refractivity contribution is 5.73. The predicted molar refractivity (Wildman–Crippen MR) is 126 cm³/mol. The second kappa shape index (κ2) is 10.6. The molecule has 4 rings (SSSR count). The zero-order valence-corrected chi connectivity index (χ0v) is 21.1. The van der Waals surface area contributed by atoms with Crippen LogP contribution < -0.4 is 28.4 Å². The van der Waals surface area contributed by atoms with Crippen LogP contribution in [0, 0.1) is 11.8 Å². The fraction of sp³-hybridized carbons (Fsp3) is 0.462. The van der Waals surface area contributed by atoms with Gasteiger partial charge in [-0.1, -0.05) is 0 Å². The Bertz CT molecular complexity index is 1000. The monoisotopic (exact) mass is 502 g/mol. The van der Waals surface area contributed by atoms with E-state index < -0.39 is 11.9 Å². The molecule has 2 aliphatic rings. The van der Waals surface area contributed by atoms with Crippen molar-refractivity contribution in [2.45, 2.75) is 26.1 Å². The van der Waals surface area contributed by atoms with Gasteiger partial charge in [0.05, 0.1) is 53.9 Å². The molecule has 2 unspecified atom stereocenters. The minimum absolute atomic E-state index is 0.0501. The van der Waals surface area contributed by atoms with Gasteiger partial charge in [-0.2, -0.15) is 0 Å². The van der Waals surface area contributed by atoms with Gasteiger partial charge in [0.1, 0.15) is 0 Å². The number of rotatable bonds is 8. The van der Waals surface area contributed by atoms with Crippen molar-refractivity contribution >= 4 is 11.9 Å². The minimum Gasteiger partial charge on any atom is -0.493 e. The standard InChI is InChI=1S/C26H30O10/c1-13(27)35-25-19(29-3)7-15(8-20(25)30-4)23-17-11-34-24(18(17)12-33-23)16-9-21(31-5)26(36-14(2)28)22(10-16)32-6/h7-10,17-18,23-24H,11-12H2,1-6H3/t17-,18-,23?,24?/m0/s1. The molecule has 0 bridgehead atoms. The zero-order chi connectivity index (χ0) is 26.0. The molecule has 4 atom stereocenters. The lowest BCUT2D eigenvalue weighted by molar-refractivity contribution is -0.133. The van der Waals surface area contributed by atoms with Crippen LogP contribution in [0.2, 0.25) is 0 Å². The maximum Gasteiger partial charge on any atom is 0.308 e. The van der Waals surface area contributed by atoms with E-state index in [1.54, 1.807) is 24.3 Å². The summed E-state index contributed by atoms with van der Waals surface area (Å²) in [5, 5.41) is 0. The topological polar surface area (TPSA) is 108 Å². The van der Waals surface area contributed by atoms with Crippen LogP contribution in [0.1, 0.15) is 37.2 Å². The minimum atomic E-state index is -0.478. The van der Waals surface area contributed by atoms with Crippen LogP contribution in [-0.4, -0.2) is 53.6 Å². The summed E-state index contributed by atoms with van der Waals surface area (Å²) in [4.78, 5) is 23.1. The zero-order valence-electron chi connectivity index (χ0n) is 21.1. The smallest absolute Gasteiger partial charge is 0.308 e. The number of carbonyl (C=O) groups excluding carboxylic acids is 2. The van der Waals surface area contributed by atoms with Crippen LogP contribution in [0.5, 0.6) is 34.5 Å². The second-order valence-electron chi connectivity index (χ2n) is 8.53. The van der Waals surface area contributed by atoms with Crippen molar-refractivity contribution in [1.82, 2.24) is 0 Å². The third kappa shape index (κ3) is 4.78. The molecule has 2 saturated heterocycles. The first-order valence-corrected chi connectivity index (χ1v) is 11.4. The van der Waals surface area contributed by atoms with Crippen molar-refractivity contribution in [2.75, 3.05) is 41.7 Å². The molecule has 0 saturated carbocycles. The van der Waals surface area contributed by atoms with Crippen LogP contribution >= 0.6 is 0 Å². The van der Waals surface area contributed by atoms with Crippen molar-refractivity contribution in [3.05, 3.63) is 35.4 Å². The summed E-state index contributed by atoms with van der Waals surface area (Å²) in [7, 11) is 6.00. The molecule has 0 spiro atoms. The average molecular weight is 503 g/mol. The molecule has 10 nitrogen and oxygen atoms in total. The van der Waals surface area contributed by atoms with Crippen LogP contribution in [0.15, 0.2) is 24.3 Å². The summed E-state index contributed by atoms with van der Waals surface area (Å²) < 4.78 is 45.0. The summed E-state index contributed by atoms with van der Waals surface area (Å²) in [6.45, 7) is 3.56. The van der Waals surface area contributed by atoms with Crippen molar-refractivity contribution in [2.24, 2.45) is 11.8 Å². The van der Waals surface area contributed by atoms with Gasteiger partial charge >= 0.3 is 11.9 Å². The Balaban J connectivity index is 1.63. The van der Waals surface area contributed by atoms with Gasteiger partial charge in [-0.25, -0.2) is 0 Å². The number of benzene rings is 2. The highest BCUT2D eigenvalue weighted by atomic mass is 16.6. The Morgan fingerprint density at radius 2 is 0.944 bits per heavy atom. The van der Waals surface area contributed by atoms with E-state index in [0.717, 1.165) is 11.1 Å². The van der Waals surface area contributed by atoms with Crippen molar-refractivity contribution in [3.63, 3.8) is 0 Å². The molecule has 0 radical (unpaired) electrons. The van der Waals surface area contributed by atoms with Gasteiger partial charge < -0.3 is 37.9 Å². The summed E-state index contributed by atoms with van der Waals surface area (Å²) >= 11 is 0. The van der Waals surface area contributed by atoms with Crippen molar-refractivity contribution in [3.8, 4) is 34.5 Å². The fourth-order valence-electron chi connectivity index (χ4n) is 4.85. The number of carbonyl (C=O) groups is 2. The van der Waals surface area contributed by atoms with E-state index in [1.807, 2.05) is 0 Å². The Labute approximate surface area is 209 Å². The van der Waals surface area contributed by atoms with Gasteiger partial charge in [0.15, 0.2) is 23.0 Å². The van der Waals surface area contributed by atoms with E-state index in [1.165, 1.54) is 42.3 Å². The van der Waals surface area contributed by atoms with Gasteiger partial charge in [-0.15, -0.1) is 0 Å². The van der Waals surface area contributed by atoms with Crippen LogP contribution in [0.3, 0.4) is 0 Å². The van der Waals surface area contributed by atoms with Gasteiger partial charge in [0, 0.05) is 25.7 Å². The lowest BCUT2D eigenvalue weighted by Crippen LogP contribution is -2.15. The Morgan fingerprint density at radius 3 is 1.19 bits per heavy atom. The molecule has 2 aromatic rings. The lowest BCUT2D eigenvalue weighted by atomic mass is 9.84. The van der Waals surface area contributed by atoms with E-state index in [-0.39, 0.29) is 35.5 Å². The molecule has 36 heavy (non-hydrogen) atoms. The Hall–Kier alpha value is -3.50. The van der Waals surface area contributed by atoms with E-state index in [2.05, 4.69) is 0 Å². The SMILES string of the molecule is COc1cc(C2OC[C@@H]3C(c4cc(OC)c(OC(C)=O)c(OC)c4)OC[C@H]23)cc(OC)c1OC(C)=O. The molecule has 2 aromatic carbocycles. The number of ether oxygens (including phenoxy) is 8. The van der Waals surface area contributed by atoms with E-state index in [4.69, 9.17) is 37.9 Å². The largest absolute Gasteiger partial charge is 0.493 e. The summed E-state index contributed by atoms with van der Waals surface area (Å²) in [6.07, 6.45) is -0.559. The molecule has 0 amide bonds. The number of hydrogen-bond acceptors (Lipinski definition) is 10. The third-order valence-electron chi connectivity index (χ3n) is 6.38. The highest BCUT2D eigenvalue weighted by Crippen LogP contribution is 2.53. The average Bonchev–Trinajstić information content (AvgIpc) is 3.46. The normalized spacial score (nSPS) is 22.5. The molecule has 2 aliphatic heterocycles. The predicted octanol–water partition coefficient (Wildman–Crippen LogP) is 3.65. The van der Waals surface area contributed by atoms with E-state index in [9.17, 15) is 9.59 Å².